The van der Waals surface area contributed by atoms with E-state index in [0.29, 0.717) is 0 Å². The number of rotatable bonds is 4. The number of esters is 1. The molecule has 1 aliphatic rings. The molecule has 0 amide bonds. The molecular formula is C15H19F5N2O2. The van der Waals surface area contributed by atoms with E-state index in [0.717, 1.165) is 11.6 Å². The summed E-state index contributed by atoms with van der Waals surface area (Å²) in [5, 5.41) is 3.82. The molecule has 0 saturated heterocycles. The second-order valence-corrected chi connectivity index (χ2v) is 6.01. The van der Waals surface area contributed by atoms with Crippen molar-refractivity contribution in [1.29, 1.82) is 0 Å². The highest BCUT2D eigenvalue weighted by Gasteiger charge is 2.42. The van der Waals surface area contributed by atoms with Crippen LogP contribution in [-0.4, -0.2) is 28.3 Å². The van der Waals surface area contributed by atoms with Crippen LogP contribution in [0.15, 0.2) is 0 Å². The summed E-state index contributed by atoms with van der Waals surface area (Å²) in [6.07, 6.45) is -5.01. The Labute approximate surface area is 136 Å². The maximum atomic E-state index is 13.2. The van der Waals surface area contributed by atoms with Crippen LogP contribution in [0.1, 0.15) is 54.4 Å². The van der Waals surface area contributed by atoms with Gasteiger partial charge in [0.05, 0.1) is 12.3 Å². The molecule has 0 aliphatic heterocycles. The standard InChI is InChI=1S/C15H19F5N2O2/c1-3-24-13(23)12-11(15(18,19)20)9(2)21-22(12)8-10-4-6-14(16,17)7-5-10/h10H,3-8H2,1-2H3. The highest BCUT2D eigenvalue weighted by atomic mass is 19.4. The minimum Gasteiger partial charge on any atom is -0.461 e. The Balaban J connectivity index is 2.31. The van der Waals surface area contributed by atoms with Crippen molar-refractivity contribution in [2.24, 2.45) is 5.92 Å². The Kier molecular flexibility index (Phi) is 5.19. The van der Waals surface area contributed by atoms with Crippen LogP contribution in [-0.2, 0) is 17.5 Å². The van der Waals surface area contributed by atoms with Gasteiger partial charge >= 0.3 is 12.1 Å². The maximum absolute atomic E-state index is 13.2. The minimum atomic E-state index is -4.75. The van der Waals surface area contributed by atoms with Crippen LogP contribution in [0.25, 0.3) is 0 Å². The SMILES string of the molecule is CCOC(=O)c1c(C(F)(F)F)c(C)nn1CC1CCC(F)(F)CC1. The summed E-state index contributed by atoms with van der Waals surface area (Å²) in [6, 6.07) is 0. The number of hydrogen-bond acceptors (Lipinski definition) is 3. The first-order valence-corrected chi connectivity index (χ1v) is 7.74. The molecule has 9 heteroatoms. The molecule has 0 aromatic carbocycles. The Morgan fingerprint density at radius 2 is 1.92 bits per heavy atom. The predicted octanol–water partition coefficient (Wildman–Crippen LogP) is 4.21. The van der Waals surface area contributed by atoms with Gasteiger partial charge in [-0.05, 0) is 32.6 Å². The van der Waals surface area contributed by atoms with Gasteiger partial charge in [0.2, 0.25) is 5.92 Å². The lowest BCUT2D eigenvalue weighted by atomic mass is 9.87. The summed E-state index contributed by atoms with van der Waals surface area (Å²) < 4.78 is 71.8. The van der Waals surface area contributed by atoms with E-state index in [1.807, 2.05) is 0 Å². The lowest BCUT2D eigenvalue weighted by Crippen LogP contribution is -2.28. The minimum absolute atomic E-state index is 0.0128. The van der Waals surface area contributed by atoms with Crippen molar-refractivity contribution in [1.82, 2.24) is 9.78 Å². The quantitative estimate of drug-likeness (QED) is 0.601. The number of carbonyl (C=O) groups is 1. The zero-order valence-corrected chi connectivity index (χ0v) is 13.4. The second kappa shape index (κ2) is 6.68. The largest absolute Gasteiger partial charge is 0.461 e. The van der Waals surface area contributed by atoms with Crippen molar-refractivity contribution in [2.75, 3.05) is 6.61 Å². The summed E-state index contributed by atoms with van der Waals surface area (Å²) in [7, 11) is 0. The lowest BCUT2D eigenvalue weighted by molar-refractivity contribution is -0.138. The maximum Gasteiger partial charge on any atom is 0.420 e. The first kappa shape index (κ1) is 18.7. The molecule has 136 valence electrons. The van der Waals surface area contributed by atoms with E-state index < -0.39 is 29.3 Å². The Hall–Kier alpha value is -1.67. The number of alkyl halides is 5. The monoisotopic (exact) mass is 354 g/mol. The second-order valence-electron chi connectivity index (χ2n) is 6.01. The lowest BCUT2D eigenvalue weighted by Gasteiger charge is -2.28. The number of carbonyl (C=O) groups excluding carboxylic acids is 1. The molecule has 0 spiro atoms. The molecule has 1 heterocycles. The molecule has 4 nitrogen and oxygen atoms in total. The number of hydrogen-bond donors (Lipinski definition) is 0. The van der Waals surface area contributed by atoms with Crippen LogP contribution >= 0.6 is 0 Å². The third-order valence-corrected chi connectivity index (χ3v) is 4.15. The average molecular weight is 354 g/mol. The van der Waals surface area contributed by atoms with Crippen molar-refractivity contribution >= 4 is 5.97 Å². The topological polar surface area (TPSA) is 44.1 Å². The summed E-state index contributed by atoms with van der Waals surface area (Å²) in [5.74, 6) is -4.08. The smallest absolute Gasteiger partial charge is 0.420 e. The molecule has 0 N–H and O–H groups in total. The van der Waals surface area contributed by atoms with Crippen molar-refractivity contribution in [3.05, 3.63) is 17.0 Å². The number of nitrogens with zero attached hydrogens (tertiary/aromatic N) is 2. The molecule has 1 aromatic heterocycles. The van der Waals surface area contributed by atoms with Crippen LogP contribution in [0.4, 0.5) is 22.0 Å². The molecule has 0 unspecified atom stereocenters. The van der Waals surface area contributed by atoms with Crippen molar-refractivity contribution in [2.45, 2.75) is 58.2 Å². The van der Waals surface area contributed by atoms with E-state index in [4.69, 9.17) is 4.74 Å². The summed E-state index contributed by atoms with van der Waals surface area (Å²) in [5.41, 5.74) is -2.10. The van der Waals surface area contributed by atoms with Crippen molar-refractivity contribution < 1.29 is 31.5 Å². The van der Waals surface area contributed by atoms with Crippen LogP contribution in [0, 0.1) is 12.8 Å². The van der Waals surface area contributed by atoms with E-state index in [1.54, 1.807) is 0 Å². The fourth-order valence-corrected chi connectivity index (χ4v) is 2.99. The van der Waals surface area contributed by atoms with E-state index in [-0.39, 0.29) is 50.4 Å². The van der Waals surface area contributed by atoms with Gasteiger partial charge in [-0.15, -0.1) is 0 Å². The van der Waals surface area contributed by atoms with Gasteiger partial charge < -0.3 is 4.74 Å². The van der Waals surface area contributed by atoms with Gasteiger partial charge in [-0.3, -0.25) is 4.68 Å². The third kappa shape index (κ3) is 4.05. The van der Waals surface area contributed by atoms with E-state index in [1.165, 1.54) is 6.92 Å². The fraction of sp³-hybridized carbons (Fsp3) is 0.733. The number of aryl methyl sites for hydroxylation is 1. The van der Waals surface area contributed by atoms with Gasteiger partial charge in [0.1, 0.15) is 5.56 Å². The highest BCUT2D eigenvalue weighted by molar-refractivity contribution is 5.89. The van der Waals surface area contributed by atoms with Crippen LogP contribution in [0.3, 0.4) is 0 Å². The molecule has 1 saturated carbocycles. The normalized spacial score (nSPS) is 18.6. The molecule has 1 aromatic rings. The van der Waals surface area contributed by atoms with Crippen molar-refractivity contribution in [3.8, 4) is 0 Å². The van der Waals surface area contributed by atoms with Gasteiger partial charge in [-0.25, -0.2) is 13.6 Å². The van der Waals surface area contributed by atoms with Crippen LogP contribution in [0.5, 0.6) is 0 Å². The zero-order chi connectivity index (χ0) is 18.1. The molecule has 24 heavy (non-hydrogen) atoms. The van der Waals surface area contributed by atoms with Gasteiger partial charge in [0.25, 0.3) is 0 Å². The molecular weight excluding hydrogens is 335 g/mol. The van der Waals surface area contributed by atoms with Gasteiger partial charge in [0.15, 0.2) is 5.69 Å². The Morgan fingerprint density at radius 1 is 1.33 bits per heavy atom. The molecule has 0 bridgehead atoms. The summed E-state index contributed by atoms with van der Waals surface area (Å²) in [6.45, 7) is 2.57. The van der Waals surface area contributed by atoms with E-state index >= 15 is 0 Å². The zero-order valence-electron chi connectivity index (χ0n) is 13.4. The molecule has 1 fully saturated rings. The molecule has 0 radical (unpaired) electrons. The molecule has 1 aliphatic carbocycles. The number of aromatic nitrogens is 2. The highest BCUT2D eigenvalue weighted by Crippen LogP contribution is 2.38. The van der Waals surface area contributed by atoms with Gasteiger partial charge in [-0.1, -0.05) is 0 Å². The fourth-order valence-electron chi connectivity index (χ4n) is 2.99. The van der Waals surface area contributed by atoms with E-state index in [9.17, 15) is 26.7 Å². The third-order valence-electron chi connectivity index (χ3n) is 4.15. The number of halogens is 5. The molecule has 2 rings (SSSR count). The Bertz CT molecular complexity index is 600. The van der Waals surface area contributed by atoms with E-state index in [2.05, 4.69) is 5.10 Å². The first-order chi connectivity index (χ1) is 11.0. The van der Waals surface area contributed by atoms with Gasteiger partial charge in [0, 0.05) is 19.4 Å². The Morgan fingerprint density at radius 3 is 2.42 bits per heavy atom. The predicted molar refractivity (Wildman–Crippen MR) is 74.8 cm³/mol. The van der Waals surface area contributed by atoms with Gasteiger partial charge in [-0.2, -0.15) is 18.3 Å². The van der Waals surface area contributed by atoms with Crippen LogP contribution in [0.2, 0.25) is 0 Å². The number of ether oxygens (including phenoxy) is 1. The molecule has 0 atom stereocenters. The summed E-state index contributed by atoms with van der Waals surface area (Å²) >= 11 is 0. The first-order valence-electron chi connectivity index (χ1n) is 7.74. The van der Waals surface area contributed by atoms with Crippen molar-refractivity contribution in [3.63, 3.8) is 0 Å². The van der Waals surface area contributed by atoms with Crippen LogP contribution < -0.4 is 0 Å². The average Bonchev–Trinajstić information content (AvgIpc) is 2.78. The summed E-state index contributed by atoms with van der Waals surface area (Å²) in [4.78, 5) is 12.0.